The van der Waals surface area contributed by atoms with E-state index < -0.39 is 0 Å². The highest BCUT2D eigenvalue weighted by molar-refractivity contribution is 7.98. The van der Waals surface area contributed by atoms with Gasteiger partial charge in [0.15, 0.2) is 5.16 Å². The number of nitrogens with zero attached hydrogens (tertiary/aromatic N) is 2. The fraction of sp³-hybridized carbons (Fsp3) is 0.692. The van der Waals surface area contributed by atoms with E-state index in [2.05, 4.69) is 27.5 Å². The molecule has 0 radical (unpaired) electrons. The maximum atomic E-state index is 4.53. The molecule has 100 valence electrons. The van der Waals surface area contributed by atoms with E-state index in [1.54, 1.807) is 11.8 Å². The standard InChI is InChI=1S/C13H22N4S/c1-9-6-4-5-7-10(9)15-12-8-11(14-2)16-13(17-12)18-3/h8-10H,4-7H2,1-3H3,(H2,14,15,16,17). The predicted octanol–water partition coefficient (Wildman–Crippen LogP) is 3.23. The number of rotatable bonds is 4. The smallest absolute Gasteiger partial charge is 0.191 e. The van der Waals surface area contributed by atoms with Gasteiger partial charge < -0.3 is 10.6 Å². The number of thioether (sulfide) groups is 1. The fourth-order valence-corrected chi connectivity index (χ4v) is 2.82. The summed E-state index contributed by atoms with van der Waals surface area (Å²) in [4.78, 5) is 8.91. The molecule has 2 N–H and O–H groups in total. The maximum absolute atomic E-state index is 4.53. The predicted molar refractivity (Wildman–Crippen MR) is 78.4 cm³/mol. The third-order valence-electron chi connectivity index (χ3n) is 3.59. The van der Waals surface area contributed by atoms with Crippen molar-refractivity contribution in [2.45, 2.75) is 43.8 Å². The first-order valence-electron chi connectivity index (χ1n) is 6.60. The Morgan fingerprint density at radius 2 is 1.94 bits per heavy atom. The van der Waals surface area contributed by atoms with Crippen LogP contribution < -0.4 is 10.6 Å². The molecule has 1 aliphatic carbocycles. The van der Waals surface area contributed by atoms with Gasteiger partial charge in [0, 0.05) is 19.2 Å². The van der Waals surface area contributed by atoms with E-state index in [1.165, 1.54) is 25.7 Å². The monoisotopic (exact) mass is 266 g/mol. The van der Waals surface area contributed by atoms with Crippen LogP contribution in [-0.2, 0) is 0 Å². The number of nitrogens with one attached hydrogen (secondary N) is 2. The molecule has 0 aromatic carbocycles. The Kier molecular flexibility index (Phi) is 4.69. The lowest BCUT2D eigenvalue weighted by molar-refractivity contribution is 0.349. The maximum Gasteiger partial charge on any atom is 0.191 e. The van der Waals surface area contributed by atoms with Gasteiger partial charge in [-0.3, -0.25) is 0 Å². The molecular weight excluding hydrogens is 244 g/mol. The summed E-state index contributed by atoms with van der Waals surface area (Å²) in [7, 11) is 1.89. The average molecular weight is 266 g/mol. The molecule has 1 fully saturated rings. The molecule has 1 aromatic rings. The Labute approximate surface area is 113 Å². The van der Waals surface area contributed by atoms with Gasteiger partial charge in [-0.15, -0.1) is 0 Å². The van der Waals surface area contributed by atoms with Gasteiger partial charge in [0.2, 0.25) is 0 Å². The molecule has 2 atom stereocenters. The highest BCUT2D eigenvalue weighted by atomic mass is 32.2. The van der Waals surface area contributed by atoms with Gasteiger partial charge in [0.25, 0.3) is 0 Å². The van der Waals surface area contributed by atoms with E-state index in [0.717, 1.165) is 22.7 Å². The summed E-state index contributed by atoms with van der Waals surface area (Å²) in [5.41, 5.74) is 0. The normalized spacial score (nSPS) is 23.7. The van der Waals surface area contributed by atoms with Gasteiger partial charge in [-0.2, -0.15) is 0 Å². The Balaban J connectivity index is 2.12. The van der Waals surface area contributed by atoms with E-state index in [-0.39, 0.29) is 0 Å². The van der Waals surface area contributed by atoms with E-state index in [0.29, 0.717) is 6.04 Å². The molecule has 4 nitrogen and oxygen atoms in total. The Morgan fingerprint density at radius 3 is 2.61 bits per heavy atom. The third-order valence-corrected chi connectivity index (χ3v) is 4.14. The summed E-state index contributed by atoms with van der Waals surface area (Å²) in [6, 6.07) is 2.54. The van der Waals surface area contributed by atoms with Crippen LogP contribution in [-0.4, -0.2) is 29.3 Å². The molecule has 1 aromatic heterocycles. The number of hydrogen-bond donors (Lipinski definition) is 2. The molecule has 1 saturated carbocycles. The van der Waals surface area contributed by atoms with Crippen molar-refractivity contribution in [2.75, 3.05) is 23.9 Å². The summed E-state index contributed by atoms with van der Waals surface area (Å²) < 4.78 is 0. The van der Waals surface area contributed by atoms with Crippen LogP contribution in [0.3, 0.4) is 0 Å². The quantitative estimate of drug-likeness (QED) is 0.647. The van der Waals surface area contributed by atoms with Crippen molar-refractivity contribution in [1.29, 1.82) is 0 Å². The molecule has 18 heavy (non-hydrogen) atoms. The van der Waals surface area contributed by atoms with Crippen LogP contribution in [0.25, 0.3) is 0 Å². The second kappa shape index (κ2) is 6.27. The Hall–Kier alpha value is -0.970. The SMILES string of the molecule is CNc1cc(NC2CCCCC2C)nc(SC)n1. The van der Waals surface area contributed by atoms with Crippen molar-refractivity contribution in [3.05, 3.63) is 6.07 Å². The highest BCUT2D eigenvalue weighted by Crippen LogP contribution is 2.27. The molecule has 0 aliphatic heterocycles. The molecule has 5 heteroatoms. The zero-order chi connectivity index (χ0) is 13.0. The van der Waals surface area contributed by atoms with Crippen molar-refractivity contribution in [2.24, 2.45) is 5.92 Å². The van der Waals surface area contributed by atoms with Crippen LogP contribution in [0.4, 0.5) is 11.6 Å². The van der Waals surface area contributed by atoms with Gasteiger partial charge in [0.05, 0.1) is 0 Å². The molecule has 2 unspecified atom stereocenters. The van der Waals surface area contributed by atoms with E-state index in [9.17, 15) is 0 Å². The van der Waals surface area contributed by atoms with Crippen LogP contribution in [0.1, 0.15) is 32.6 Å². The molecule has 0 spiro atoms. The molecule has 0 amide bonds. The molecule has 1 aliphatic rings. The van der Waals surface area contributed by atoms with E-state index >= 15 is 0 Å². The average Bonchev–Trinajstić information content (AvgIpc) is 2.41. The molecule has 2 rings (SSSR count). The third kappa shape index (κ3) is 3.28. The molecule has 0 bridgehead atoms. The van der Waals surface area contributed by atoms with Crippen LogP contribution in [0.2, 0.25) is 0 Å². The minimum absolute atomic E-state index is 0.549. The Bertz CT molecular complexity index is 374. The topological polar surface area (TPSA) is 49.8 Å². The molecule has 0 saturated heterocycles. The van der Waals surface area contributed by atoms with Gasteiger partial charge in [-0.1, -0.05) is 31.5 Å². The lowest BCUT2D eigenvalue weighted by Gasteiger charge is -2.30. The number of aromatic nitrogens is 2. The first-order chi connectivity index (χ1) is 8.72. The van der Waals surface area contributed by atoms with Gasteiger partial charge >= 0.3 is 0 Å². The zero-order valence-corrected chi connectivity index (χ0v) is 12.2. The first kappa shape index (κ1) is 13.5. The van der Waals surface area contributed by atoms with Gasteiger partial charge in [0.1, 0.15) is 11.6 Å². The Morgan fingerprint density at radius 1 is 1.22 bits per heavy atom. The minimum atomic E-state index is 0.549. The van der Waals surface area contributed by atoms with E-state index in [4.69, 9.17) is 0 Å². The zero-order valence-electron chi connectivity index (χ0n) is 11.4. The second-order valence-electron chi connectivity index (χ2n) is 4.89. The highest BCUT2D eigenvalue weighted by Gasteiger charge is 2.21. The van der Waals surface area contributed by atoms with Gasteiger partial charge in [-0.05, 0) is 25.0 Å². The fourth-order valence-electron chi connectivity index (χ4n) is 2.44. The van der Waals surface area contributed by atoms with Gasteiger partial charge in [-0.25, -0.2) is 9.97 Å². The van der Waals surface area contributed by atoms with Crippen molar-refractivity contribution in [3.63, 3.8) is 0 Å². The largest absolute Gasteiger partial charge is 0.373 e. The summed E-state index contributed by atoms with van der Waals surface area (Å²) >= 11 is 1.57. The van der Waals surface area contributed by atoms with Crippen molar-refractivity contribution in [1.82, 2.24) is 9.97 Å². The number of hydrogen-bond acceptors (Lipinski definition) is 5. The summed E-state index contributed by atoms with van der Waals surface area (Å²) in [6.45, 7) is 2.33. The first-order valence-corrected chi connectivity index (χ1v) is 7.82. The van der Waals surface area contributed by atoms with Crippen LogP contribution in [0.15, 0.2) is 11.2 Å². The van der Waals surface area contributed by atoms with Crippen molar-refractivity contribution < 1.29 is 0 Å². The molecular formula is C13H22N4S. The van der Waals surface area contributed by atoms with Crippen LogP contribution in [0, 0.1) is 5.92 Å². The summed E-state index contributed by atoms with van der Waals surface area (Å²) in [5, 5.41) is 7.47. The van der Waals surface area contributed by atoms with Crippen LogP contribution >= 0.6 is 11.8 Å². The molecule has 1 heterocycles. The lowest BCUT2D eigenvalue weighted by Crippen LogP contribution is -2.30. The second-order valence-corrected chi connectivity index (χ2v) is 5.66. The summed E-state index contributed by atoms with van der Waals surface area (Å²) in [5.74, 6) is 2.54. The van der Waals surface area contributed by atoms with Crippen molar-refractivity contribution >= 4 is 23.4 Å². The number of anilines is 2. The van der Waals surface area contributed by atoms with Crippen molar-refractivity contribution in [3.8, 4) is 0 Å². The minimum Gasteiger partial charge on any atom is -0.373 e. The summed E-state index contributed by atoms with van der Waals surface area (Å²) in [6.07, 6.45) is 7.25. The van der Waals surface area contributed by atoms with E-state index in [1.807, 2.05) is 19.4 Å². The van der Waals surface area contributed by atoms with Crippen LogP contribution in [0.5, 0.6) is 0 Å². The lowest BCUT2D eigenvalue weighted by atomic mass is 9.86.